The van der Waals surface area contributed by atoms with Crippen molar-refractivity contribution in [3.05, 3.63) is 47.3 Å². The molecule has 1 fully saturated rings. The molecule has 2 N–H and O–H groups in total. The molecule has 6 heteroatoms. The monoisotopic (exact) mass is 328 g/mol. The summed E-state index contributed by atoms with van der Waals surface area (Å²) in [4.78, 5) is 12.0. The first kappa shape index (κ1) is 16.7. The van der Waals surface area contributed by atoms with Gasteiger partial charge in [0.1, 0.15) is 6.10 Å². The summed E-state index contributed by atoms with van der Waals surface area (Å²) in [6.07, 6.45) is 0.427. The first-order valence-electron chi connectivity index (χ1n) is 8.36. The number of hydrogen-bond acceptors (Lipinski definition) is 4. The Morgan fingerprint density at radius 2 is 2.17 bits per heavy atom. The molecule has 1 atom stereocenters. The van der Waals surface area contributed by atoms with Crippen LogP contribution in [0, 0.1) is 13.8 Å². The van der Waals surface area contributed by atoms with Gasteiger partial charge in [-0.25, -0.2) is 4.68 Å². The number of benzene rings is 1. The van der Waals surface area contributed by atoms with Crippen molar-refractivity contribution in [3.8, 4) is 5.69 Å². The third-order valence-electron chi connectivity index (χ3n) is 4.12. The van der Waals surface area contributed by atoms with Crippen LogP contribution >= 0.6 is 0 Å². The van der Waals surface area contributed by atoms with Crippen LogP contribution in [0.5, 0.6) is 0 Å². The summed E-state index contributed by atoms with van der Waals surface area (Å²) in [6, 6.07) is 10.3. The lowest BCUT2D eigenvalue weighted by molar-refractivity contribution is -0.134. The van der Waals surface area contributed by atoms with Crippen LogP contribution in [-0.4, -0.2) is 48.0 Å². The number of aromatic nitrogens is 2. The molecule has 24 heavy (non-hydrogen) atoms. The normalized spacial score (nSPS) is 17.7. The van der Waals surface area contributed by atoms with Gasteiger partial charge in [0.05, 0.1) is 18.0 Å². The lowest BCUT2D eigenvalue weighted by Crippen LogP contribution is -2.48. The molecular weight excluding hydrogens is 304 g/mol. The van der Waals surface area contributed by atoms with E-state index in [0.29, 0.717) is 19.7 Å². The van der Waals surface area contributed by atoms with Gasteiger partial charge in [0.2, 0.25) is 5.91 Å². The number of hydrogen-bond donors (Lipinski definition) is 2. The van der Waals surface area contributed by atoms with Gasteiger partial charge in [-0.15, -0.1) is 0 Å². The smallest absolute Gasteiger partial charge is 0.250 e. The predicted molar refractivity (Wildman–Crippen MR) is 92.4 cm³/mol. The molecule has 128 valence electrons. The van der Waals surface area contributed by atoms with E-state index in [0.717, 1.165) is 30.0 Å². The first-order chi connectivity index (χ1) is 11.6. The van der Waals surface area contributed by atoms with Crippen molar-refractivity contribution < 1.29 is 9.53 Å². The van der Waals surface area contributed by atoms with Gasteiger partial charge in [0, 0.05) is 25.3 Å². The third kappa shape index (κ3) is 4.01. The SMILES string of the molecule is Cc1cc(C)n(-c2ccc(CCNC(=O)[C@@H]3CNCCO3)cc2)n1. The van der Waals surface area contributed by atoms with E-state index in [1.807, 2.05) is 18.5 Å². The average molecular weight is 328 g/mol. The molecule has 0 bridgehead atoms. The minimum atomic E-state index is -0.368. The maximum absolute atomic E-state index is 12.0. The Balaban J connectivity index is 1.51. The van der Waals surface area contributed by atoms with Gasteiger partial charge in [0.25, 0.3) is 0 Å². The van der Waals surface area contributed by atoms with Gasteiger partial charge in [-0.05, 0) is 44.0 Å². The summed E-state index contributed by atoms with van der Waals surface area (Å²) in [6.45, 7) is 6.64. The highest BCUT2D eigenvalue weighted by molar-refractivity contribution is 5.81. The summed E-state index contributed by atoms with van der Waals surface area (Å²) in [5, 5.41) is 10.6. The van der Waals surface area contributed by atoms with E-state index in [9.17, 15) is 4.79 Å². The first-order valence-corrected chi connectivity index (χ1v) is 8.36. The molecular formula is C18H24N4O2. The molecule has 0 unspecified atom stereocenters. The minimum Gasteiger partial charge on any atom is -0.366 e. The Kier molecular flexibility index (Phi) is 5.27. The van der Waals surface area contributed by atoms with Crippen molar-refractivity contribution in [3.63, 3.8) is 0 Å². The van der Waals surface area contributed by atoms with Gasteiger partial charge in [0.15, 0.2) is 0 Å². The number of carbonyl (C=O) groups is 1. The molecule has 0 radical (unpaired) electrons. The summed E-state index contributed by atoms with van der Waals surface area (Å²) < 4.78 is 7.37. The van der Waals surface area contributed by atoms with E-state index >= 15 is 0 Å². The van der Waals surface area contributed by atoms with Crippen molar-refractivity contribution in [1.29, 1.82) is 0 Å². The zero-order valence-corrected chi connectivity index (χ0v) is 14.2. The quantitative estimate of drug-likeness (QED) is 0.864. The molecule has 2 heterocycles. The molecule has 1 aromatic heterocycles. The molecule has 3 rings (SSSR count). The number of morpholine rings is 1. The molecule has 0 aliphatic carbocycles. The van der Waals surface area contributed by atoms with E-state index in [-0.39, 0.29) is 12.0 Å². The fourth-order valence-electron chi connectivity index (χ4n) is 2.87. The molecule has 1 amide bonds. The topological polar surface area (TPSA) is 68.2 Å². The zero-order valence-electron chi connectivity index (χ0n) is 14.2. The van der Waals surface area contributed by atoms with Crippen LogP contribution in [0.3, 0.4) is 0 Å². The van der Waals surface area contributed by atoms with Crippen LogP contribution in [0.4, 0.5) is 0 Å². The zero-order chi connectivity index (χ0) is 16.9. The van der Waals surface area contributed by atoms with E-state index < -0.39 is 0 Å². The van der Waals surface area contributed by atoms with Gasteiger partial charge < -0.3 is 15.4 Å². The van der Waals surface area contributed by atoms with E-state index in [4.69, 9.17) is 4.74 Å². The molecule has 1 aliphatic heterocycles. The fraction of sp³-hybridized carbons (Fsp3) is 0.444. The largest absolute Gasteiger partial charge is 0.366 e. The molecule has 6 nitrogen and oxygen atoms in total. The number of ether oxygens (including phenoxy) is 1. The highest BCUT2D eigenvalue weighted by atomic mass is 16.5. The van der Waals surface area contributed by atoms with Crippen LogP contribution in [0.25, 0.3) is 5.69 Å². The van der Waals surface area contributed by atoms with Crippen LogP contribution in [0.2, 0.25) is 0 Å². The van der Waals surface area contributed by atoms with Crippen molar-refractivity contribution in [1.82, 2.24) is 20.4 Å². The maximum atomic E-state index is 12.0. The second-order valence-corrected chi connectivity index (χ2v) is 6.11. The maximum Gasteiger partial charge on any atom is 0.250 e. The summed E-state index contributed by atoms with van der Waals surface area (Å²) in [5.74, 6) is -0.0403. The Morgan fingerprint density at radius 3 is 2.79 bits per heavy atom. The van der Waals surface area contributed by atoms with Gasteiger partial charge in [-0.2, -0.15) is 5.10 Å². The van der Waals surface area contributed by atoms with E-state index in [1.165, 1.54) is 5.56 Å². The van der Waals surface area contributed by atoms with Crippen LogP contribution in [-0.2, 0) is 16.0 Å². The lowest BCUT2D eigenvalue weighted by Gasteiger charge is -2.22. The molecule has 1 aromatic carbocycles. The number of amides is 1. The third-order valence-corrected chi connectivity index (χ3v) is 4.12. The number of nitrogens with zero attached hydrogens (tertiary/aromatic N) is 2. The van der Waals surface area contributed by atoms with Crippen LogP contribution in [0.1, 0.15) is 17.0 Å². The second kappa shape index (κ2) is 7.59. The Labute approximate surface area is 142 Å². The molecule has 1 saturated heterocycles. The van der Waals surface area contributed by atoms with Crippen LogP contribution < -0.4 is 10.6 Å². The average Bonchev–Trinajstić information content (AvgIpc) is 2.94. The summed E-state index contributed by atoms with van der Waals surface area (Å²) in [7, 11) is 0. The number of carbonyl (C=O) groups excluding carboxylic acids is 1. The number of aryl methyl sites for hydroxylation is 2. The molecule has 0 spiro atoms. The molecule has 0 saturated carbocycles. The predicted octanol–water partition coefficient (Wildman–Crippen LogP) is 1.14. The standard InChI is InChI=1S/C18H24N4O2/c1-13-11-14(2)22(21-13)16-5-3-15(4-6-16)7-8-20-18(23)17-12-19-9-10-24-17/h3-6,11,17,19H,7-10,12H2,1-2H3,(H,20,23)/t17-/m0/s1. The van der Waals surface area contributed by atoms with Crippen molar-refractivity contribution >= 4 is 5.91 Å². The van der Waals surface area contributed by atoms with Crippen LogP contribution in [0.15, 0.2) is 30.3 Å². The van der Waals surface area contributed by atoms with Crippen molar-refractivity contribution in [2.75, 3.05) is 26.2 Å². The fourth-order valence-corrected chi connectivity index (χ4v) is 2.87. The molecule has 2 aromatic rings. The van der Waals surface area contributed by atoms with Gasteiger partial charge >= 0.3 is 0 Å². The molecule has 1 aliphatic rings. The van der Waals surface area contributed by atoms with E-state index in [1.54, 1.807) is 0 Å². The minimum absolute atomic E-state index is 0.0403. The summed E-state index contributed by atoms with van der Waals surface area (Å²) in [5.41, 5.74) is 4.37. The number of nitrogens with one attached hydrogen (secondary N) is 2. The van der Waals surface area contributed by atoms with Crippen molar-refractivity contribution in [2.24, 2.45) is 0 Å². The lowest BCUT2D eigenvalue weighted by atomic mass is 10.1. The van der Waals surface area contributed by atoms with Gasteiger partial charge in [-0.3, -0.25) is 4.79 Å². The Bertz CT molecular complexity index is 688. The van der Waals surface area contributed by atoms with Gasteiger partial charge in [-0.1, -0.05) is 12.1 Å². The Hall–Kier alpha value is -2.18. The summed E-state index contributed by atoms with van der Waals surface area (Å²) >= 11 is 0. The second-order valence-electron chi connectivity index (χ2n) is 6.11. The number of rotatable bonds is 5. The van der Waals surface area contributed by atoms with E-state index in [2.05, 4.69) is 46.1 Å². The Morgan fingerprint density at radius 1 is 1.38 bits per heavy atom. The highest BCUT2D eigenvalue weighted by Crippen LogP contribution is 2.13. The van der Waals surface area contributed by atoms with Crippen molar-refractivity contribution in [2.45, 2.75) is 26.4 Å². The highest BCUT2D eigenvalue weighted by Gasteiger charge is 2.20.